The van der Waals surface area contributed by atoms with Crippen LogP contribution >= 0.6 is 0 Å². The van der Waals surface area contributed by atoms with Crippen LogP contribution in [0.15, 0.2) is 48.5 Å². The molecule has 5 heteroatoms. The number of hydrogen-bond acceptors (Lipinski definition) is 3. The molecule has 0 radical (unpaired) electrons. The number of benzene rings is 2. The lowest BCUT2D eigenvalue weighted by Crippen LogP contribution is -2.33. The normalized spacial score (nSPS) is 11.5. The molecule has 0 aliphatic carbocycles. The molecular formula is C21H23N3O2. The number of rotatable bonds is 4. The lowest BCUT2D eigenvalue weighted by molar-refractivity contribution is -0.125. The van der Waals surface area contributed by atoms with Crippen LogP contribution in [0.2, 0.25) is 0 Å². The highest BCUT2D eigenvalue weighted by molar-refractivity contribution is 6.42. The van der Waals surface area contributed by atoms with Gasteiger partial charge in [-0.25, -0.2) is 4.98 Å². The largest absolute Gasteiger partial charge is 0.340 e. The van der Waals surface area contributed by atoms with Crippen LogP contribution in [0.5, 0.6) is 0 Å². The van der Waals surface area contributed by atoms with Crippen molar-refractivity contribution in [3.8, 4) is 0 Å². The second-order valence-corrected chi connectivity index (χ2v) is 7.52. The van der Waals surface area contributed by atoms with Crippen LogP contribution in [-0.2, 0) is 16.8 Å². The Hall–Kier alpha value is -2.95. The van der Waals surface area contributed by atoms with Gasteiger partial charge in [0.25, 0.3) is 5.91 Å². The number of ketones is 1. The molecule has 0 aliphatic heterocycles. The number of carbonyl (C=O) groups is 2. The van der Waals surface area contributed by atoms with Crippen molar-refractivity contribution in [2.45, 2.75) is 32.7 Å². The van der Waals surface area contributed by atoms with Crippen LogP contribution in [0, 0.1) is 0 Å². The van der Waals surface area contributed by atoms with Crippen LogP contribution in [0.4, 0.5) is 0 Å². The molecule has 26 heavy (non-hydrogen) atoms. The van der Waals surface area contributed by atoms with Gasteiger partial charge in [-0.15, -0.1) is 0 Å². The van der Waals surface area contributed by atoms with E-state index in [0.29, 0.717) is 11.4 Å². The van der Waals surface area contributed by atoms with Gasteiger partial charge in [-0.05, 0) is 23.1 Å². The summed E-state index contributed by atoms with van der Waals surface area (Å²) in [6, 6.07) is 14.9. The molecule has 0 unspecified atom stereocenters. The summed E-state index contributed by atoms with van der Waals surface area (Å²) in [7, 11) is 1.61. The molecule has 5 nitrogen and oxygen atoms in total. The highest BCUT2D eigenvalue weighted by Crippen LogP contribution is 2.22. The maximum absolute atomic E-state index is 12.5. The van der Waals surface area contributed by atoms with E-state index in [4.69, 9.17) is 0 Å². The van der Waals surface area contributed by atoms with Crippen molar-refractivity contribution in [1.82, 2.24) is 14.9 Å². The third-order valence-corrected chi connectivity index (χ3v) is 4.38. The number of aromatic amines is 1. The number of hydrogen-bond donors (Lipinski definition) is 1. The summed E-state index contributed by atoms with van der Waals surface area (Å²) in [5.41, 5.74) is 3.28. The maximum Gasteiger partial charge on any atom is 0.295 e. The number of nitrogens with zero attached hydrogens (tertiary/aromatic N) is 2. The Morgan fingerprint density at radius 1 is 1.04 bits per heavy atom. The molecule has 0 spiro atoms. The average Bonchev–Trinajstić information content (AvgIpc) is 3.02. The number of fused-ring (bicyclic) bond motifs is 1. The highest BCUT2D eigenvalue weighted by atomic mass is 16.2. The Bertz CT molecular complexity index is 916. The van der Waals surface area contributed by atoms with Crippen LogP contribution < -0.4 is 0 Å². The smallest absolute Gasteiger partial charge is 0.295 e. The van der Waals surface area contributed by atoms with Crippen molar-refractivity contribution in [2.24, 2.45) is 0 Å². The number of nitrogens with one attached hydrogen (secondary N) is 1. The Kier molecular flexibility index (Phi) is 4.64. The molecule has 3 aromatic rings. The van der Waals surface area contributed by atoms with E-state index >= 15 is 0 Å². The minimum absolute atomic E-state index is 0.00364. The molecule has 1 heterocycles. The predicted molar refractivity (Wildman–Crippen MR) is 102 cm³/mol. The van der Waals surface area contributed by atoms with E-state index in [1.165, 1.54) is 4.90 Å². The first-order valence-corrected chi connectivity index (χ1v) is 8.59. The molecule has 1 aromatic heterocycles. The van der Waals surface area contributed by atoms with Gasteiger partial charge in [0, 0.05) is 12.6 Å². The van der Waals surface area contributed by atoms with E-state index in [1.54, 1.807) is 19.2 Å². The molecule has 0 aliphatic rings. The summed E-state index contributed by atoms with van der Waals surface area (Å²) in [6.45, 7) is 6.57. The molecule has 1 amide bonds. The molecule has 3 rings (SSSR count). The number of imidazole rings is 1. The summed E-state index contributed by atoms with van der Waals surface area (Å²) < 4.78 is 0. The first-order valence-electron chi connectivity index (χ1n) is 8.59. The van der Waals surface area contributed by atoms with Gasteiger partial charge >= 0.3 is 0 Å². The average molecular weight is 349 g/mol. The monoisotopic (exact) mass is 349 g/mol. The Morgan fingerprint density at radius 2 is 1.69 bits per heavy atom. The van der Waals surface area contributed by atoms with Crippen LogP contribution in [0.3, 0.4) is 0 Å². The van der Waals surface area contributed by atoms with Crippen LogP contribution in [0.1, 0.15) is 42.5 Å². The van der Waals surface area contributed by atoms with Gasteiger partial charge in [0.1, 0.15) is 5.82 Å². The van der Waals surface area contributed by atoms with Crippen molar-refractivity contribution in [2.75, 3.05) is 7.05 Å². The quantitative estimate of drug-likeness (QED) is 0.577. The Labute approximate surface area is 153 Å². The van der Waals surface area contributed by atoms with Crippen molar-refractivity contribution in [3.63, 3.8) is 0 Å². The van der Waals surface area contributed by atoms with E-state index in [1.807, 2.05) is 36.4 Å². The van der Waals surface area contributed by atoms with Crippen LogP contribution in [-0.4, -0.2) is 33.6 Å². The van der Waals surface area contributed by atoms with Crippen LogP contribution in [0.25, 0.3) is 11.0 Å². The van der Waals surface area contributed by atoms with E-state index < -0.39 is 11.7 Å². The number of likely N-dealkylation sites (N-methyl/N-ethyl adjacent to an activating group) is 1. The van der Waals surface area contributed by atoms with Gasteiger partial charge in [-0.2, -0.15) is 0 Å². The van der Waals surface area contributed by atoms with E-state index in [-0.39, 0.29) is 12.0 Å². The minimum Gasteiger partial charge on any atom is -0.340 e. The Morgan fingerprint density at radius 3 is 2.31 bits per heavy atom. The van der Waals surface area contributed by atoms with Gasteiger partial charge < -0.3 is 9.88 Å². The van der Waals surface area contributed by atoms with Crippen molar-refractivity contribution in [1.29, 1.82) is 0 Å². The lowest BCUT2D eigenvalue weighted by atomic mass is 9.86. The van der Waals surface area contributed by atoms with E-state index in [0.717, 1.165) is 16.6 Å². The summed E-state index contributed by atoms with van der Waals surface area (Å²) in [5, 5.41) is 0. The third-order valence-electron chi connectivity index (χ3n) is 4.38. The van der Waals surface area contributed by atoms with E-state index in [9.17, 15) is 9.59 Å². The zero-order valence-electron chi connectivity index (χ0n) is 15.5. The molecular weight excluding hydrogens is 326 g/mol. The summed E-state index contributed by atoms with van der Waals surface area (Å²) in [6.07, 6.45) is 0. The summed E-state index contributed by atoms with van der Waals surface area (Å²) in [5.74, 6) is -0.407. The van der Waals surface area contributed by atoms with Crippen molar-refractivity contribution < 1.29 is 9.59 Å². The molecule has 0 atom stereocenters. The third kappa shape index (κ3) is 3.67. The lowest BCUT2D eigenvalue weighted by Gasteiger charge is -2.19. The van der Waals surface area contributed by atoms with Crippen molar-refractivity contribution >= 4 is 22.7 Å². The van der Waals surface area contributed by atoms with Gasteiger partial charge in [-0.3, -0.25) is 9.59 Å². The number of aromatic nitrogens is 2. The highest BCUT2D eigenvalue weighted by Gasteiger charge is 2.22. The molecule has 0 saturated carbocycles. The van der Waals surface area contributed by atoms with E-state index in [2.05, 4.69) is 30.7 Å². The number of H-pyrrole nitrogens is 1. The number of carbonyl (C=O) groups excluding carboxylic acids is 2. The molecule has 1 N–H and O–H groups in total. The fourth-order valence-electron chi connectivity index (χ4n) is 2.80. The van der Waals surface area contributed by atoms with Gasteiger partial charge in [0.05, 0.1) is 17.6 Å². The standard InChI is InChI=1S/C21H23N3O2/c1-21(2,3)15-11-9-14(10-12-15)19(25)20(26)24(4)13-18-22-16-7-5-6-8-17(16)23-18/h5-12H,13H2,1-4H3,(H,22,23). The molecule has 134 valence electrons. The molecule has 0 bridgehead atoms. The fraction of sp³-hybridized carbons (Fsp3) is 0.286. The predicted octanol–water partition coefficient (Wildman–Crippen LogP) is 3.70. The summed E-state index contributed by atoms with van der Waals surface area (Å²) >= 11 is 0. The first-order chi connectivity index (χ1) is 12.3. The summed E-state index contributed by atoms with van der Waals surface area (Å²) in [4.78, 5) is 34.0. The Balaban J connectivity index is 1.72. The number of amides is 1. The zero-order chi connectivity index (χ0) is 18.9. The SMILES string of the molecule is CN(Cc1nc2ccccc2[nH]1)C(=O)C(=O)c1ccc(C(C)(C)C)cc1. The molecule has 0 fully saturated rings. The van der Waals surface area contributed by atoms with Crippen molar-refractivity contribution in [3.05, 3.63) is 65.5 Å². The molecule has 0 saturated heterocycles. The fourth-order valence-corrected chi connectivity index (χ4v) is 2.80. The van der Waals surface area contributed by atoms with Gasteiger partial charge in [0.15, 0.2) is 0 Å². The minimum atomic E-state index is -0.547. The van der Waals surface area contributed by atoms with Gasteiger partial charge in [-0.1, -0.05) is 57.2 Å². The number of para-hydroxylation sites is 2. The maximum atomic E-state index is 12.5. The zero-order valence-corrected chi connectivity index (χ0v) is 15.5. The molecule has 2 aromatic carbocycles. The second-order valence-electron chi connectivity index (χ2n) is 7.52. The second kappa shape index (κ2) is 6.75. The topological polar surface area (TPSA) is 66.1 Å². The van der Waals surface area contributed by atoms with Gasteiger partial charge in [0.2, 0.25) is 5.78 Å². The first kappa shape index (κ1) is 17.9. The number of Topliss-reactive ketones (excluding diaryl/α,β-unsaturated/α-hetero) is 1.